The number of carbonyl (C=O) groups excluding carboxylic acids is 3. The Kier molecular flexibility index (Phi) is 2.58. The van der Waals surface area contributed by atoms with Crippen LogP contribution >= 0.6 is 0 Å². The zero-order valence-corrected chi connectivity index (χ0v) is 9.98. The Labute approximate surface area is 108 Å². The Morgan fingerprint density at radius 2 is 2.05 bits per heavy atom. The molecule has 6 heteroatoms. The van der Waals surface area contributed by atoms with Crippen LogP contribution in [0.2, 0.25) is 0 Å². The fraction of sp³-hybridized carbons (Fsp3) is 0.308. The summed E-state index contributed by atoms with van der Waals surface area (Å²) >= 11 is 0. The fourth-order valence-electron chi connectivity index (χ4n) is 2.58. The Morgan fingerprint density at radius 3 is 2.79 bits per heavy atom. The Balaban J connectivity index is 1.96. The number of carbonyl (C=O) groups is 3. The van der Waals surface area contributed by atoms with Gasteiger partial charge in [0.15, 0.2) is 0 Å². The smallest absolute Gasteiger partial charge is 0.249 e. The van der Waals surface area contributed by atoms with E-state index in [-0.39, 0.29) is 24.7 Å². The maximum absolute atomic E-state index is 13.1. The van der Waals surface area contributed by atoms with Crippen LogP contribution in [0.25, 0.3) is 0 Å². The van der Waals surface area contributed by atoms with Crippen molar-refractivity contribution in [2.75, 3.05) is 4.90 Å². The van der Waals surface area contributed by atoms with E-state index in [4.69, 9.17) is 0 Å². The molecule has 0 aliphatic carbocycles. The van der Waals surface area contributed by atoms with Gasteiger partial charge in [-0.2, -0.15) is 0 Å². The van der Waals surface area contributed by atoms with Crippen molar-refractivity contribution in [2.45, 2.75) is 25.3 Å². The van der Waals surface area contributed by atoms with Crippen LogP contribution in [0.1, 0.15) is 18.4 Å². The molecule has 19 heavy (non-hydrogen) atoms. The van der Waals surface area contributed by atoms with E-state index in [0.29, 0.717) is 17.7 Å². The monoisotopic (exact) mass is 262 g/mol. The van der Waals surface area contributed by atoms with E-state index in [1.54, 1.807) is 0 Å². The Morgan fingerprint density at radius 1 is 1.26 bits per heavy atom. The second-order valence-corrected chi connectivity index (χ2v) is 4.68. The van der Waals surface area contributed by atoms with Crippen LogP contribution < -0.4 is 10.2 Å². The molecule has 5 nitrogen and oxygen atoms in total. The molecule has 0 aromatic heterocycles. The van der Waals surface area contributed by atoms with Gasteiger partial charge in [0.1, 0.15) is 11.9 Å². The molecule has 3 amide bonds. The molecule has 1 aromatic rings. The predicted molar refractivity (Wildman–Crippen MR) is 63.8 cm³/mol. The molecular weight excluding hydrogens is 251 g/mol. The molecule has 2 aliphatic rings. The molecule has 2 aliphatic heterocycles. The maximum atomic E-state index is 13.1. The van der Waals surface area contributed by atoms with E-state index in [2.05, 4.69) is 5.32 Å². The number of fused-ring (bicyclic) bond motifs is 1. The lowest BCUT2D eigenvalue weighted by molar-refractivity contribution is -0.135. The highest BCUT2D eigenvalue weighted by atomic mass is 19.1. The number of benzene rings is 1. The average Bonchev–Trinajstić information content (AvgIpc) is 2.65. The van der Waals surface area contributed by atoms with E-state index >= 15 is 0 Å². The van der Waals surface area contributed by atoms with Crippen molar-refractivity contribution in [2.24, 2.45) is 0 Å². The van der Waals surface area contributed by atoms with Crippen molar-refractivity contribution in [3.05, 3.63) is 29.6 Å². The van der Waals surface area contributed by atoms with Crippen LogP contribution in [0, 0.1) is 5.82 Å². The minimum atomic E-state index is -0.683. The molecule has 1 atom stereocenters. The number of hydrogen-bond acceptors (Lipinski definition) is 3. The average molecular weight is 262 g/mol. The summed E-state index contributed by atoms with van der Waals surface area (Å²) in [5, 5.41) is 2.22. The highest BCUT2D eigenvalue weighted by Gasteiger charge is 2.39. The first kappa shape index (κ1) is 11.8. The zero-order chi connectivity index (χ0) is 13.6. The van der Waals surface area contributed by atoms with Gasteiger partial charge in [-0.25, -0.2) is 4.39 Å². The number of halogens is 1. The summed E-state index contributed by atoms with van der Waals surface area (Å²) in [5.74, 6) is -1.44. The minimum absolute atomic E-state index is 0.0881. The Hall–Kier alpha value is -2.24. The molecule has 1 fully saturated rings. The van der Waals surface area contributed by atoms with Crippen LogP contribution in [0.5, 0.6) is 0 Å². The zero-order valence-electron chi connectivity index (χ0n) is 9.98. The highest BCUT2D eigenvalue weighted by molar-refractivity contribution is 6.10. The lowest BCUT2D eigenvalue weighted by atomic mass is 10.0. The van der Waals surface area contributed by atoms with Crippen LogP contribution in [-0.4, -0.2) is 23.8 Å². The predicted octanol–water partition coefficient (Wildman–Crippen LogP) is 0.520. The van der Waals surface area contributed by atoms with Crippen LogP contribution in [-0.2, 0) is 20.8 Å². The third-order valence-corrected chi connectivity index (χ3v) is 3.43. The lowest BCUT2D eigenvalue weighted by Gasteiger charge is -2.30. The third kappa shape index (κ3) is 1.89. The van der Waals surface area contributed by atoms with E-state index in [9.17, 15) is 18.8 Å². The summed E-state index contributed by atoms with van der Waals surface area (Å²) in [7, 11) is 0. The van der Waals surface area contributed by atoms with Crippen molar-refractivity contribution in [1.29, 1.82) is 0 Å². The van der Waals surface area contributed by atoms with Gasteiger partial charge < -0.3 is 0 Å². The number of nitrogens with one attached hydrogen (secondary N) is 1. The van der Waals surface area contributed by atoms with Gasteiger partial charge in [0.2, 0.25) is 17.7 Å². The van der Waals surface area contributed by atoms with Crippen LogP contribution in [0.15, 0.2) is 18.2 Å². The van der Waals surface area contributed by atoms with Gasteiger partial charge in [0, 0.05) is 12.1 Å². The van der Waals surface area contributed by atoms with Crippen LogP contribution in [0.4, 0.5) is 10.1 Å². The van der Waals surface area contributed by atoms with Crippen molar-refractivity contribution >= 4 is 23.4 Å². The maximum Gasteiger partial charge on any atom is 0.249 e. The molecule has 0 radical (unpaired) electrons. The van der Waals surface area contributed by atoms with Gasteiger partial charge in [-0.15, -0.1) is 0 Å². The number of anilines is 1. The highest BCUT2D eigenvalue weighted by Crippen LogP contribution is 2.32. The summed E-state index contributed by atoms with van der Waals surface area (Å²) in [6, 6.07) is 3.38. The van der Waals surface area contributed by atoms with Gasteiger partial charge in [0.25, 0.3) is 0 Å². The standard InChI is InChI=1S/C13H11FN2O3/c14-8-1-2-9-7(5-8)6-12(18)16(9)10-3-4-11(17)15-13(10)19/h1-2,5,10H,3-4,6H2,(H,15,17,19). The first-order valence-corrected chi connectivity index (χ1v) is 6.00. The first-order valence-electron chi connectivity index (χ1n) is 6.00. The van der Waals surface area contributed by atoms with Gasteiger partial charge in [-0.3, -0.25) is 24.6 Å². The van der Waals surface area contributed by atoms with E-state index in [0.717, 1.165) is 0 Å². The van der Waals surface area contributed by atoms with Crippen molar-refractivity contribution in [3.8, 4) is 0 Å². The molecule has 0 bridgehead atoms. The van der Waals surface area contributed by atoms with Gasteiger partial charge in [-0.1, -0.05) is 0 Å². The molecular formula is C13H11FN2O3. The minimum Gasteiger partial charge on any atom is -0.299 e. The number of hydrogen-bond donors (Lipinski definition) is 1. The Bertz CT molecular complexity index is 600. The van der Waals surface area contributed by atoms with Crippen molar-refractivity contribution < 1.29 is 18.8 Å². The number of imide groups is 1. The third-order valence-electron chi connectivity index (χ3n) is 3.43. The second-order valence-electron chi connectivity index (χ2n) is 4.68. The fourth-order valence-corrected chi connectivity index (χ4v) is 2.58. The largest absolute Gasteiger partial charge is 0.299 e. The summed E-state index contributed by atoms with van der Waals surface area (Å²) in [6.07, 6.45) is 0.592. The van der Waals surface area contributed by atoms with Gasteiger partial charge in [0.05, 0.1) is 6.42 Å². The molecule has 0 saturated carbocycles. The van der Waals surface area contributed by atoms with Crippen molar-refractivity contribution in [3.63, 3.8) is 0 Å². The van der Waals surface area contributed by atoms with Gasteiger partial charge in [-0.05, 0) is 30.2 Å². The summed E-state index contributed by atoms with van der Waals surface area (Å²) in [6.45, 7) is 0. The van der Waals surface area contributed by atoms with Gasteiger partial charge >= 0.3 is 0 Å². The van der Waals surface area contributed by atoms with Crippen molar-refractivity contribution in [1.82, 2.24) is 5.32 Å². The normalized spacial score (nSPS) is 22.5. The van der Waals surface area contributed by atoms with E-state index in [1.165, 1.54) is 23.1 Å². The molecule has 98 valence electrons. The molecule has 3 rings (SSSR count). The summed E-state index contributed by atoms with van der Waals surface area (Å²) in [4.78, 5) is 36.3. The topological polar surface area (TPSA) is 66.5 Å². The first-order chi connectivity index (χ1) is 9.06. The molecule has 1 saturated heterocycles. The molecule has 1 N–H and O–H groups in total. The molecule has 1 aromatic carbocycles. The number of nitrogens with zero attached hydrogens (tertiary/aromatic N) is 1. The molecule has 0 spiro atoms. The van der Waals surface area contributed by atoms with Crippen LogP contribution in [0.3, 0.4) is 0 Å². The number of piperidine rings is 1. The summed E-state index contributed by atoms with van der Waals surface area (Å²) in [5.41, 5.74) is 1.13. The molecule has 1 unspecified atom stereocenters. The second kappa shape index (κ2) is 4.15. The van der Waals surface area contributed by atoms with E-state index < -0.39 is 17.8 Å². The number of rotatable bonds is 1. The molecule has 2 heterocycles. The quantitative estimate of drug-likeness (QED) is 0.750. The number of amides is 3. The summed E-state index contributed by atoms with van der Waals surface area (Å²) < 4.78 is 13.1. The van der Waals surface area contributed by atoms with E-state index in [1.807, 2.05) is 0 Å². The SMILES string of the molecule is O=C1CCC(N2C(=O)Cc3cc(F)ccc32)C(=O)N1. The lowest BCUT2D eigenvalue weighted by Crippen LogP contribution is -2.53.